The van der Waals surface area contributed by atoms with E-state index < -0.39 is 0 Å². The van der Waals surface area contributed by atoms with E-state index in [1.54, 1.807) is 4.90 Å². The molecule has 2 N–H and O–H groups in total. The Bertz CT molecular complexity index is 862. The van der Waals surface area contributed by atoms with Crippen molar-refractivity contribution in [2.24, 2.45) is 0 Å². The van der Waals surface area contributed by atoms with E-state index in [9.17, 15) is 9.59 Å². The summed E-state index contributed by atoms with van der Waals surface area (Å²) < 4.78 is 1.87. The highest BCUT2D eigenvalue weighted by Gasteiger charge is 2.26. The highest BCUT2D eigenvalue weighted by Crippen LogP contribution is 2.30. The molecule has 0 unspecified atom stereocenters. The molecule has 1 aromatic carbocycles. The largest absolute Gasteiger partial charge is 0.319 e. The van der Waals surface area contributed by atoms with E-state index in [1.165, 1.54) is 0 Å². The van der Waals surface area contributed by atoms with E-state index in [1.807, 2.05) is 35.9 Å². The van der Waals surface area contributed by atoms with Crippen LogP contribution in [0.1, 0.15) is 47.9 Å². The van der Waals surface area contributed by atoms with Gasteiger partial charge in [-0.15, -0.1) is 17.5 Å². The summed E-state index contributed by atoms with van der Waals surface area (Å²) in [5.41, 5.74) is 2.45. The Balaban J connectivity index is 0.00000225. The minimum absolute atomic E-state index is 0. The SMILES string of the molecule is Cc1c(C(=O)Nc2ccccc2N2CCCC2=O)nnn1C1CCNCC1.Cl. The van der Waals surface area contributed by atoms with Gasteiger partial charge in [0.15, 0.2) is 5.69 Å². The van der Waals surface area contributed by atoms with Crippen molar-refractivity contribution in [3.05, 3.63) is 35.7 Å². The van der Waals surface area contributed by atoms with Gasteiger partial charge in [0.1, 0.15) is 0 Å². The second-order valence-corrected chi connectivity index (χ2v) is 7.07. The predicted molar refractivity (Wildman–Crippen MR) is 109 cm³/mol. The van der Waals surface area contributed by atoms with Gasteiger partial charge in [0.05, 0.1) is 23.1 Å². The molecule has 2 aliphatic heterocycles. The molecule has 3 heterocycles. The Morgan fingerprint density at radius 1 is 1.25 bits per heavy atom. The van der Waals surface area contributed by atoms with Gasteiger partial charge in [-0.2, -0.15) is 0 Å². The molecule has 2 amide bonds. The monoisotopic (exact) mass is 404 g/mol. The van der Waals surface area contributed by atoms with Crippen LogP contribution >= 0.6 is 12.4 Å². The third kappa shape index (κ3) is 3.88. The smallest absolute Gasteiger partial charge is 0.278 e. The summed E-state index contributed by atoms with van der Waals surface area (Å²) in [4.78, 5) is 26.7. The molecule has 4 rings (SSSR count). The van der Waals surface area contributed by atoms with Crippen LogP contribution in [0.2, 0.25) is 0 Å². The first-order chi connectivity index (χ1) is 13.1. The van der Waals surface area contributed by atoms with Crippen LogP contribution in [0.5, 0.6) is 0 Å². The van der Waals surface area contributed by atoms with Crippen LogP contribution in [0.15, 0.2) is 24.3 Å². The zero-order chi connectivity index (χ0) is 18.8. The number of para-hydroxylation sites is 2. The average molecular weight is 405 g/mol. The number of anilines is 2. The van der Waals surface area contributed by atoms with E-state index in [-0.39, 0.29) is 30.3 Å². The van der Waals surface area contributed by atoms with Gasteiger partial charge in [-0.25, -0.2) is 4.68 Å². The molecule has 2 aromatic rings. The Morgan fingerprint density at radius 2 is 2.00 bits per heavy atom. The van der Waals surface area contributed by atoms with Crippen molar-refractivity contribution in [1.82, 2.24) is 20.3 Å². The molecule has 2 aliphatic rings. The lowest BCUT2D eigenvalue weighted by Crippen LogP contribution is -2.30. The zero-order valence-electron chi connectivity index (χ0n) is 15.9. The van der Waals surface area contributed by atoms with Crippen LogP contribution in [0.25, 0.3) is 0 Å². The fourth-order valence-electron chi connectivity index (χ4n) is 3.85. The number of nitrogens with one attached hydrogen (secondary N) is 2. The van der Waals surface area contributed by atoms with Crippen molar-refractivity contribution in [3.63, 3.8) is 0 Å². The molecule has 9 heteroatoms. The number of hydrogen-bond acceptors (Lipinski definition) is 5. The Morgan fingerprint density at radius 3 is 2.71 bits per heavy atom. The van der Waals surface area contributed by atoms with Gasteiger partial charge in [0.25, 0.3) is 5.91 Å². The number of rotatable bonds is 4. The molecule has 1 aromatic heterocycles. The predicted octanol–water partition coefficient (Wildman–Crippen LogP) is 2.31. The molecule has 0 atom stereocenters. The van der Waals surface area contributed by atoms with Gasteiger partial charge in [0.2, 0.25) is 5.91 Å². The van der Waals surface area contributed by atoms with Crippen LogP contribution in [0.4, 0.5) is 11.4 Å². The summed E-state index contributed by atoms with van der Waals surface area (Å²) in [6, 6.07) is 7.66. The fraction of sp³-hybridized carbons (Fsp3) is 0.474. The Labute approximate surface area is 170 Å². The van der Waals surface area contributed by atoms with Crippen LogP contribution < -0.4 is 15.5 Å². The third-order valence-corrected chi connectivity index (χ3v) is 5.31. The molecule has 0 radical (unpaired) electrons. The van der Waals surface area contributed by atoms with Crippen molar-refractivity contribution < 1.29 is 9.59 Å². The standard InChI is InChI=1S/C19H24N6O2.ClH/c1-13-18(22-23-25(13)14-8-10-20-11-9-14)19(27)21-15-5-2-3-6-16(15)24-12-4-7-17(24)26;/h2-3,5-6,14,20H,4,7-12H2,1H3,(H,21,27);1H. The number of halogens is 1. The second kappa shape index (κ2) is 8.70. The van der Waals surface area contributed by atoms with Crippen molar-refractivity contribution in [1.29, 1.82) is 0 Å². The first kappa shape index (κ1) is 20.3. The molecule has 28 heavy (non-hydrogen) atoms. The normalized spacial score (nSPS) is 17.5. The summed E-state index contributed by atoms with van der Waals surface area (Å²) >= 11 is 0. The van der Waals surface area contributed by atoms with Crippen molar-refractivity contribution >= 4 is 35.6 Å². The molecular weight excluding hydrogens is 380 g/mol. The lowest BCUT2D eigenvalue weighted by Gasteiger charge is -2.23. The molecule has 0 spiro atoms. The van der Waals surface area contributed by atoms with Crippen molar-refractivity contribution in [3.8, 4) is 0 Å². The van der Waals surface area contributed by atoms with E-state index in [2.05, 4.69) is 20.9 Å². The molecule has 0 saturated carbocycles. The molecule has 2 saturated heterocycles. The van der Waals surface area contributed by atoms with Gasteiger partial charge in [-0.05, 0) is 51.4 Å². The van der Waals surface area contributed by atoms with Gasteiger partial charge in [-0.1, -0.05) is 17.3 Å². The number of aromatic nitrogens is 3. The molecule has 0 bridgehead atoms. The summed E-state index contributed by atoms with van der Waals surface area (Å²) in [5.74, 6) is -0.212. The van der Waals surface area contributed by atoms with E-state index in [0.717, 1.165) is 43.7 Å². The Hall–Kier alpha value is -2.45. The number of carbonyl (C=O) groups is 2. The second-order valence-electron chi connectivity index (χ2n) is 7.07. The number of amides is 2. The van der Waals surface area contributed by atoms with Crippen LogP contribution in [0.3, 0.4) is 0 Å². The molecule has 2 fully saturated rings. The fourth-order valence-corrected chi connectivity index (χ4v) is 3.85. The van der Waals surface area contributed by atoms with Gasteiger partial charge < -0.3 is 15.5 Å². The maximum absolute atomic E-state index is 12.8. The molecule has 8 nitrogen and oxygen atoms in total. The maximum atomic E-state index is 12.8. The number of carbonyl (C=O) groups excluding carboxylic acids is 2. The van der Waals surface area contributed by atoms with Crippen molar-refractivity contribution in [2.75, 3.05) is 29.9 Å². The minimum atomic E-state index is -0.299. The first-order valence-corrected chi connectivity index (χ1v) is 9.48. The zero-order valence-corrected chi connectivity index (χ0v) is 16.7. The van der Waals surface area contributed by atoms with Crippen LogP contribution in [-0.4, -0.2) is 46.4 Å². The molecule has 150 valence electrons. The van der Waals surface area contributed by atoms with E-state index in [0.29, 0.717) is 24.3 Å². The lowest BCUT2D eigenvalue weighted by atomic mass is 10.1. The van der Waals surface area contributed by atoms with Gasteiger partial charge in [-0.3, -0.25) is 9.59 Å². The van der Waals surface area contributed by atoms with Gasteiger partial charge in [0, 0.05) is 13.0 Å². The van der Waals surface area contributed by atoms with E-state index in [4.69, 9.17) is 0 Å². The number of nitrogens with zero attached hydrogens (tertiary/aromatic N) is 4. The lowest BCUT2D eigenvalue weighted by molar-refractivity contribution is -0.117. The number of hydrogen-bond donors (Lipinski definition) is 2. The highest BCUT2D eigenvalue weighted by atomic mass is 35.5. The number of benzene rings is 1. The summed E-state index contributed by atoms with van der Waals surface area (Å²) in [6.45, 7) is 4.45. The topological polar surface area (TPSA) is 92.2 Å². The maximum Gasteiger partial charge on any atom is 0.278 e. The van der Waals surface area contributed by atoms with Crippen LogP contribution in [0, 0.1) is 6.92 Å². The summed E-state index contributed by atoms with van der Waals surface area (Å²) in [6.07, 6.45) is 3.34. The van der Waals surface area contributed by atoms with Crippen molar-refractivity contribution in [2.45, 2.75) is 38.6 Å². The van der Waals surface area contributed by atoms with Crippen LogP contribution in [-0.2, 0) is 4.79 Å². The molecular formula is C19H25ClN6O2. The first-order valence-electron chi connectivity index (χ1n) is 9.48. The third-order valence-electron chi connectivity index (χ3n) is 5.31. The highest BCUT2D eigenvalue weighted by molar-refractivity contribution is 6.07. The minimum Gasteiger partial charge on any atom is -0.319 e. The summed E-state index contributed by atoms with van der Waals surface area (Å²) in [7, 11) is 0. The number of piperidine rings is 1. The van der Waals surface area contributed by atoms with E-state index >= 15 is 0 Å². The molecule has 0 aliphatic carbocycles. The Kier molecular flexibility index (Phi) is 6.31. The summed E-state index contributed by atoms with van der Waals surface area (Å²) in [5, 5.41) is 14.6. The van der Waals surface area contributed by atoms with Gasteiger partial charge >= 0.3 is 0 Å². The quantitative estimate of drug-likeness (QED) is 0.815. The average Bonchev–Trinajstić information content (AvgIpc) is 3.28.